The highest BCUT2D eigenvalue weighted by molar-refractivity contribution is 9.11. The van der Waals surface area contributed by atoms with Crippen LogP contribution in [-0.2, 0) is 0 Å². The van der Waals surface area contributed by atoms with Crippen LogP contribution in [0.15, 0.2) is 33.4 Å². The summed E-state index contributed by atoms with van der Waals surface area (Å²) in [6.07, 6.45) is 0. The number of halogens is 2. The van der Waals surface area contributed by atoms with E-state index in [0.717, 1.165) is 22.0 Å². The van der Waals surface area contributed by atoms with Gasteiger partial charge < -0.3 is 5.32 Å². The van der Waals surface area contributed by atoms with E-state index in [-0.39, 0.29) is 11.4 Å². The molecule has 0 aliphatic rings. The van der Waals surface area contributed by atoms with Crippen molar-refractivity contribution in [2.45, 2.75) is 0 Å². The van der Waals surface area contributed by atoms with Gasteiger partial charge in [-0.25, -0.2) is 4.39 Å². The molecule has 0 bridgehead atoms. The van der Waals surface area contributed by atoms with Gasteiger partial charge in [-0.2, -0.15) is 0 Å². The predicted molar refractivity (Wildman–Crippen MR) is 73.0 cm³/mol. The van der Waals surface area contributed by atoms with Crippen LogP contribution in [0.2, 0.25) is 0 Å². The molecule has 1 N–H and O–H groups in total. The predicted octanol–water partition coefficient (Wildman–Crippen LogP) is 3.81. The van der Waals surface area contributed by atoms with E-state index in [2.05, 4.69) is 21.2 Å². The van der Waals surface area contributed by atoms with E-state index < -0.39 is 16.6 Å². The van der Waals surface area contributed by atoms with Gasteiger partial charge in [-0.3, -0.25) is 14.9 Å². The Kier molecular flexibility index (Phi) is 3.91. The first-order valence-corrected chi connectivity index (χ1v) is 6.64. The van der Waals surface area contributed by atoms with Gasteiger partial charge in [0.15, 0.2) is 0 Å². The van der Waals surface area contributed by atoms with Gasteiger partial charge in [0.2, 0.25) is 0 Å². The second kappa shape index (κ2) is 5.45. The quantitative estimate of drug-likeness (QED) is 0.679. The third-order valence-corrected chi connectivity index (χ3v) is 3.74. The highest BCUT2D eigenvalue weighted by atomic mass is 79.9. The maximum Gasteiger partial charge on any atom is 0.292 e. The summed E-state index contributed by atoms with van der Waals surface area (Å²) in [5.74, 6) is -1.19. The summed E-state index contributed by atoms with van der Waals surface area (Å²) < 4.78 is 13.8. The van der Waals surface area contributed by atoms with E-state index in [9.17, 15) is 19.3 Å². The number of nitro groups is 1. The van der Waals surface area contributed by atoms with E-state index in [1.807, 2.05) is 0 Å². The zero-order valence-corrected chi connectivity index (χ0v) is 11.6. The number of hydrogen-bond donors (Lipinski definition) is 1. The number of nitrogens with zero attached hydrogens (tertiary/aromatic N) is 1. The number of rotatable bonds is 3. The van der Waals surface area contributed by atoms with E-state index in [4.69, 9.17) is 0 Å². The molecule has 1 amide bonds. The molecule has 0 spiro atoms. The fourth-order valence-electron chi connectivity index (χ4n) is 1.39. The monoisotopic (exact) mass is 344 g/mol. The van der Waals surface area contributed by atoms with Crippen molar-refractivity contribution in [2.24, 2.45) is 0 Å². The molecule has 0 aliphatic heterocycles. The zero-order chi connectivity index (χ0) is 14.0. The largest absolute Gasteiger partial charge is 0.316 e. The number of nitro benzene ring substituents is 1. The Bertz CT molecular complexity index is 659. The summed E-state index contributed by atoms with van der Waals surface area (Å²) in [5, 5.41) is 14.7. The Balaban J connectivity index is 2.30. The molecule has 2 aromatic rings. The molecule has 0 fully saturated rings. The van der Waals surface area contributed by atoms with Crippen molar-refractivity contribution in [3.63, 3.8) is 0 Å². The fraction of sp³-hybridized carbons (Fsp3) is 0. The lowest BCUT2D eigenvalue weighted by Crippen LogP contribution is -2.12. The molecule has 0 saturated heterocycles. The molecule has 0 radical (unpaired) electrons. The van der Waals surface area contributed by atoms with Crippen molar-refractivity contribution in [1.29, 1.82) is 0 Å². The van der Waals surface area contributed by atoms with Crippen LogP contribution in [-0.4, -0.2) is 10.8 Å². The number of nitrogens with one attached hydrogen (secondary N) is 1. The third kappa shape index (κ3) is 3.15. The van der Waals surface area contributed by atoms with Crippen LogP contribution in [0.1, 0.15) is 10.4 Å². The summed E-state index contributed by atoms with van der Waals surface area (Å²) in [5.41, 5.74) is -0.184. The van der Waals surface area contributed by atoms with E-state index in [1.54, 1.807) is 11.4 Å². The van der Waals surface area contributed by atoms with Crippen molar-refractivity contribution in [3.05, 3.63) is 54.9 Å². The summed E-state index contributed by atoms with van der Waals surface area (Å²) in [4.78, 5) is 21.9. The number of benzene rings is 1. The van der Waals surface area contributed by atoms with Crippen molar-refractivity contribution >= 4 is 44.5 Å². The molecule has 19 heavy (non-hydrogen) atoms. The van der Waals surface area contributed by atoms with Crippen molar-refractivity contribution in [2.75, 3.05) is 5.32 Å². The number of carbonyl (C=O) groups excluding carboxylic acids is 1. The lowest BCUT2D eigenvalue weighted by Gasteiger charge is -2.04. The maximum absolute atomic E-state index is 13.1. The summed E-state index contributed by atoms with van der Waals surface area (Å²) in [6.45, 7) is 0. The topological polar surface area (TPSA) is 72.2 Å². The molecular weight excluding hydrogens is 339 g/mol. The van der Waals surface area contributed by atoms with E-state index in [0.29, 0.717) is 5.56 Å². The summed E-state index contributed by atoms with van der Waals surface area (Å²) in [6, 6.07) is 4.46. The Hall–Kier alpha value is -1.80. The van der Waals surface area contributed by atoms with Gasteiger partial charge in [-0.15, -0.1) is 11.3 Å². The zero-order valence-electron chi connectivity index (χ0n) is 9.22. The first kappa shape index (κ1) is 13.6. The van der Waals surface area contributed by atoms with Crippen LogP contribution < -0.4 is 5.32 Å². The number of hydrogen-bond acceptors (Lipinski definition) is 4. The van der Waals surface area contributed by atoms with Gasteiger partial charge in [-0.1, -0.05) is 0 Å². The minimum atomic E-state index is -0.682. The molecule has 1 heterocycles. The highest BCUT2D eigenvalue weighted by Crippen LogP contribution is 2.27. The molecule has 0 unspecified atom stereocenters. The average Bonchev–Trinajstić information content (AvgIpc) is 2.75. The van der Waals surface area contributed by atoms with Crippen LogP contribution in [0, 0.1) is 15.9 Å². The molecular formula is C11H6BrFN2O3S. The Morgan fingerprint density at radius 3 is 2.74 bits per heavy atom. The van der Waals surface area contributed by atoms with Crippen LogP contribution in [0.3, 0.4) is 0 Å². The van der Waals surface area contributed by atoms with E-state index >= 15 is 0 Å². The Morgan fingerprint density at radius 2 is 2.16 bits per heavy atom. The van der Waals surface area contributed by atoms with Gasteiger partial charge in [0.05, 0.1) is 14.3 Å². The van der Waals surface area contributed by atoms with Crippen LogP contribution in [0.4, 0.5) is 15.8 Å². The average molecular weight is 345 g/mol. The van der Waals surface area contributed by atoms with Gasteiger partial charge >= 0.3 is 0 Å². The Morgan fingerprint density at radius 1 is 1.42 bits per heavy atom. The van der Waals surface area contributed by atoms with Crippen molar-refractivity contribution < 1.29 is 14.1 Å². The standard InChI is InChI=1S/C11H6BrFN2O3S/c12-10-3-6(5-19-10)11(16)14-8-4-7(13)1-2-9(8)15(17)18/h1-5H,(H,14,16). The molecule has 5 nitrogen and oxygen atoms in total. The number of carbonyl (C=O) groups is 1. The SMILES string of the molecule is O=C(Nc1cc(F)ccc1[N+](=O)[O-])c1csc(Br)c1. The van der Waals surface area contributed by atoms with Gasteiger partial charge in [0.25, 0.3) is 11.6 Å². The highest BCUT2D eigenvalue weighted by Gasteiger charge is 2.18. The number of amides is 1. The van der Waals surface area contributed by atoms with Crippen molar-refractivity contribution in [1.82, 2.24) is 0 Å². The third-order valence-electron chi connectivity index (χ3n) is 2.23. The molecule has 0 aliphatic carbocycles. The second-order valence-electron chi connectivity index (χ2n) is 3.51. The minimum Gasteiger partial charge on any atom is -0.316 e. The first-order valence-electron chi connectivity index (χ1n) is 4.96. The lowest BCUT2D eigenvalue weighted by atomic mass is 10.2. The van der Waals surface area contributed by atoms with Crippen LogP contribution >= 0.6 is 27.3 Å². The molecule has 1 aromatic carbocycles. The van der Waals surface area contributed by atoms with Crippen molar-refractivity contribution in [3.8, 4) is 0 Å². The molecule has 1 aromatic heterocycles. The number of anilines is 1. The molecule has 98 valence electrons. The summed E-state index contributed by atoms with van der Waals surface area (Å²) in [7, 11) is 0. The fourth-order valence-corrected chi connectivity index (χ4v) is 2.53. The number of thiophene rings is 1. The molecule has 0 saturated carbocycles. The summed E-state index contributed by atoms with van der Waals surface area (Å²) >= 11 is 4.51. The molecule has 8 heteroatoms. The van der Waals surface area contributed by atoms with Crippen LogP contribution in [0.5, 0.6) is 0 Å². The minimum absolute atomic E-state index is 0.169. The van der Waals surface area contributed by atoms with Crippen LogP contribution in [0.25, 0.3) is 0 Å². The molecule has 0 atom stereocenters. The smallest absolute Gasteiger partial charge is 0.292 e. The first-order chi connectivity index (χ1) is 8.97. The maximum atomic E-state index is 13.1. The lowest BCUT2D eigenvalue weighted by molar-refractivity contribution is -0.384. The Labute approximate surface area is 119 Å². The van der Waals surface area contributed by atoms with Gasteiger partial charge in [0, 0.05) is 17.5 Å². The van der Waals surface area contributed by atoms with E-state index in [1.165, 1.54) is 11.3 Å². The molecule has 2 rings (SSSR count). The van der Waals surface area contributed by atoms with Gasteiger partial charge in [0.1, 0.15) is 11.5 Å². The normalized spacial score (nSPS) is 10.2. The van der Waals surface area contributed by atoms with Gasteiger partial charge in [-0.05, 0) is 28.1 Å². The second-order valence-corrected chi connectivity index (χ2v) is 5.80.